The maximum Gasteiger partial charge on any atom is 0.305 e. The third-order valence-electron chi connectivity index (χ3n) is 2.73. The molecule has 0 aliphatic rings. The molecule has 0 heterocycles. The number of aliphatic carboxylic acids is 1. The van der Waals surface area contributed by atoms with Crippen LogP contribution in [0.15, 0.2) is 24.3 Å². The largest absolute Gasteiger partial charge is 0.494 e. The highest BCUT2D eigenvalue weighted by atomic mass is 16.5. The maximum absolute atomic E-state index is 11.5. The summed E-state index contributed by atoms with van der Waals surface area (Å²) in [5.41, 5.74) is 1.17. The van der Waals surface area contributed by atoms with E-state index in [1.807, 2.05) is 31.2 Å². The molecule has 0 saturated carbocycles. The van der Waals surface area contributed by atoms with Crippen LogP contribution in [0.1, 0.15) is 31.7 Å². The average molecular weight is 279 g/mol. The lowest BCUT2D eigenvalue weighted by molar-refractivity contribution is -0.137. The SMILES string of the molecule is Cc1ccc(OCCCC(=O)NC(C)CC(=O)O)cc1. The number of nitrogens with one attached hydrogen (secondary N) is 1. The molecule has 1 unspecified atom stereocenters. The molecule has 5 nitrogen and oxygen atoms in total. The van der Waals surface area contributed by atoms with Crippen LogP contribution in [0.2, 0.25) is 0 Å². The van der Waals surface area contributed by atoms with Crippen LogP contribution in [0.4, 0.5) is 0 Å². The number of benzene rings is 1. The highest BCUT2D eigenvalue weighted by Gasteiger charge is 2.10. The van der Waals surface area contributed by atoms with E-state index in [2.05, 4.69) is 5.32 Å². The third kappa shape index (κ3) is 6.78. The van der Waals surface area contributed by atoms with Crippen molar-refractivity contribution in [1.82, 2.24) is 5.32 Å². The molecule has 1 aromatic rings. The summed E-state index contributed by atoms with van der Waals surface area (Å²) in [6, 6.07) is 7.37. The quantitative estimate of drug-likeness (QED) is 0.715. The van der Waals surface area contributed by atoms with Gasteiger partial charge in [-0.3, -0.25) is 9.59 Å². The Bertz CT molecular complexity index is 442. The predicted octanol–water partition coefficient (Wildman–Crippen LogP) is 2.13. The van der Waals surface area contributed by atoms with E-state index >= 15 is 0 Å². The summed E-state index contributed by atoms with van der Waals surface area (Å²) in [7, 11) is 0. The molecular weight excluding hydrogens is 258 g/mol. The van der Waals surface area contributed by atoms with E-state index in [9.17, 15) is 9.59 Å². The Morgan fingerprint density at radius 3 is 2.55 bits per heavy atom. The normalized spacial score (nSPS) is 11.7. The second-order valence-corrected chi connectivity index (χ2v) is 4.83. The Morgan fingerprint density at radius 1 is 1.30 bits per heavy atom. The van der Waals surface area contributed by atoms with Crippen molar-refractivity contribution in [1.29, 1.82) is 0 Å². The standard InChI is InChI=1S/C15H21NO4/c1-11-5-7-13(8-6-11)20-9-3-4-14(17)16-12(2)10-15(18)19/h5-8,12H,3-4,9-10H2,1-2H3,(H,16,17)(H,18,19). The first kappa shape index (κ1) is 16.0. The van der Waals surface area contributed by atoms with Crippen molar-refractivity contribution >= 4 is 11.9 Å². The van der Waals surface area contributed by atoms with Crippen molar-refractivity contribution in [3.05, 3.63) is 29.8 Å². The molecule has 1 atom stereocenters. The first-order chi connectivity index (χ1) is 9.47. The van der Waals surface area contributed by atoms with Crippen molar-refractivity contribution < 1.29 is 19.4 Å². The number of aryl methyl sites for hydroxylation is 1. The molecule has 0 radical (unpaired) electrons. The minimum absolute atomic E-state index is 0.0639. The van der Waals surface area contributed by atoms with Crippen LogP contribution in [0.5, 0.6) is 5.75 Å². The lowest BCUT2D eigenvalue weighted by atomic mass is 10.2. The van der Waals surface area contributed by atoms with Gasteiger partial charge in [0, 0.05) is 12.5 Å². The Morgan fingerprint density at radius 2 is 1.95 bits per heavy atom. The van der Waals surface area contributed by atoms with Gasteiger partial charge in [0.15, 0.2) is 0 Å². The van der Waals surface area contributed by atoms with E-state index in [0.717, 1.165) is 5.75 Å². The van der Waals surface area contributed by atoms with E-state index < -0.39 is 5.97 Å². The Balaban J connectivity index is 2.15. The molecule has 1 rings (SSSR count). The van der Waals surface area contributed by atoms with Gasteiger partial charge in [0.05, 0.1) is 13.0 Å². The number of hydrogen-bond donors (Lipinski definition) is 2. The lowest BCUT2D eigenvalue weighted by Crippen LogP contribution is -2.34. The van der Waals surface area contributed by atoms with Gasteiger partial charge < -0.3 is 15.2 Å². The van der Waals surface area contributed by atoms with Crippen molar-refractivity contribution in [2.45, 2.75) is 39.2 Å². The number of rotatable bonds is 8. The van der Waals surface area contributed by atoms with Crippen LogP contribution in [-0.4, -0.2) is 29.6 Å². The van der Waals surface area contributed by atoms with E-state index in [4.69, 9.17) is 9.84 Å². The van der Waals surface area contributed by atoms with Crippen molar-refractivity contribution in [2.75, 3.05) is 6.61 Å². The van der Waals surface area contributed by atoms with Crippen LogP contribution in [0.3, 0.4) is 0 Å². The van der Waals surface area contributed by atoms with Crippen molar-refractivity contribution in [3.8, 4) is 5.75 Å². The second-order valence-electron chi connectivity index (χ2n) is 4.83. The van der Waals surface area contributed by atoms with Gasteiger partial charge >= 0.3 is 5.97 Å². The van der Waals surface area contributed by atoms with Crippen molar-refractivity contribution in [2.24, 2.45) is 0 Å². The second kappa shape index (κ2) is 8.19. The number of amides is 1. The fourth-order valence-corrected chi connectivity index (χ4v) is 1.72. The molecule has 0 bridgehead atoms. The van der Waals surface area contributed by atoms with Gasteiger partial charge in [0.2, 0.25) is 5.91 Å². The van der Waals surface area contributed by atoms with Gasteiger partial charge in [0.25, 0.3) is 0 Å². The Hall–Kier alpha value is -2.04. The van der Waals surface area contributed by atoms with Crippen LogP contribution >= 0.6 is 0 Å². The zero-order valence-corrected chi connectivity index (χ0v) is 11.9. The monoisotopic (exact) mass is 279 g/mol. The fraction of sp³-hybridized carbons (Fsp3) is 0.467. The maximum atomic E-state index is 11.5. The molecule has 0 aliphatic carbocycles. The lowest BCUT2D eigenvalue weighted by Gasteiger charge is -2.11. The Kier molecular flexibility index (Phi) is 6.56. The highest BCUT2D eigenvalue weighted by molar-refractivity contribution is 5.77. The summed E-state index contributed by atoms with van der Waals surface area (Å²) in [4.78, 5) is 22.0. The number of carbonyl (C=O) groups excluding carboxylic acids is 1. The number of ether oxygens (including phenoxy) is 1. The molecule has 1 aromatic carbocycles. The molecule has 0 spiro atoms. The van der Waals surface area contributed by atoms with Crippen LogP contribution in [0.25, 0.3) is 0 Å². The van der Waals surface area contributed by atoms with E-state index in [1.165, 1.54) is 5.56 Å². The predicted molar refractivity (Wildman–Crippen MR) is 75.8 cm³/mol. The number of carboxylic acid groups (broad SMARTS) is 1. The zero-order valence-electron chi connectivity index (χ0n) is 11.9. The van der Waals surface area contributed by atoms with Crippen LogP contribution in [0, 0.1) is 6.92 Å². The molecule has 5 heteroatoms. The molecule has 2 N–H and O–H groups in total. The highest BCUT2D eigenvalue weighted by Crippen LogP contribution is 2.11. The molecule has 0 aliphatic heterocycles. The first-order valence-electron chi connectivity index (χ1n) is 6.68. The molecule has 20 heavy (non-hydrogen) atoms. The molecule has 1 amide bonds. The van der Waals surface area contributed by atoms with Crippen molar-refractivity contribution in [3.63, 3.8) is 0 Å². The fourth-order valence-electron chi connectivity index (χ4n) is 1.72. The Labute approximate surface area is 118 Å². The summed E-state index contributed by atoms with van der Waals surface area (Å²) in [6.07, 6.45) is 0.862. The topological polar surface area (TPSA) is 75.6 Å². The van der Waals surface area contributed by atoms with E-state index in [-0.39, 0.29) is 18.4 Å². The van der Waals surface area contributed by atoms with Gasteiger partial charge in [0.1, 0.15) is 5.75 Å². The number of carboxylic acids is 1. The number of carbonyl (C=O) groups is 2. The molecule has 0 fully saturated rings. The average Bonchev–Trinajstić information content (AvgIpc) is 2.35. The third-order valence-corrected chi connectivity index (χ3v) is 2.73. The van der Waals surface area contributed by atoms with Gasteiger partial charge in [-0.1, -0.05) is 17.7 Å². The minimum atomic E-state index is -0.916. The summed E-state index contributed by atoms with van der Waals surface area (Å²) >= 11 is 0. The van der Waals surface area contributed by atoms with E-state index in [0.29, 0.717) is 19.4 Å². The summed E-state index contributed by atoms with van der Waals surface area (Å²) < 4.78 is 5.51. The van der Waals surface area contributed by atoms with Gasteiger partial charge in [-0.05, 0) is 32.4 Å². The minimum Gasteiger partial charge on any atom is -0.494 e. The smallest absolute Gasteiger partial charge is 0.305 e. The first-order valence-corrected chi connectivity index (χ1v) is 6.68. The summed E-state index contributed by atoms with van der Waals surface area (Å²) in [5.74, 6) is -0.276. The number of hydrogen-bond acceptors (Lipinski definition) is 3. The molecular formula is C15H21NO4. The van der Waals surface area contributed by atoms with Gasteiger partial charge in [-0.25, -0.2) is 0 Å². The van der Waals surface area contributed by atoms with E-state index in [1.54, 1.807) is 6.92 Å². The summed E-state index contributed by atoms with van der Waals surface area (Å²) in [5, 5.41) is 11.2. The molecule has 0 aromatic heterocycles. The van der Waals surface area contributed by atoms with Crippen LogP contribution < -0.4 is 10.1 Å². The zero-order chi connectivity index (χ0) is 15.0. The molecule has 0 saturated heterocycles. The summed E-state index contributed by atoms with van der Waals surface area (Å²) in [6.45, 7) is 4.14. The van der Waals surface area contributed by atoms with Gasteiger partial charge in [-0.15, -0.1) is 0 Å². The molecule has 110 valence electrons. The van der Waals surface area contributed by atoms with Gasteiger partial charge in [-0.2, -0.15) is 0 Å². The van der Waals surface area contributed by atoms with Crippen LogP contribution in [-0.2, 0) is 9.59 Å².